The van der Waals surface area contributed by atoms with Crippen LogP contribution in [0.3, 0.4) is 0 Å². The van der Waals surface area contributed by atoms with E-state index in [1.807, 2.05) is 12.1 Å². The molecule has 7 heteroatoms. The average molecular weight is 415 g/mol. The minimum Gasteiger partial charge on any atom is -0.504 e. The standard InChI is InChI=1S/C23H29NO6/c1-12-8-17(15-6-5-7-16(9-15)23(28)24-4)10-18(20(12)26)30-19-11-29-22(14(3)25)13(2)21(19)27/h5-10,13-14,19,21-22,25-27H,11H2,1-4H3,(H,24,28). The van der Waals surface area contributed by atoms with Gasteiger partial charge in [-0.25, -0.2) is 0 Å². The van der Waals surface area contributed by atoms with Gasteiger partial charge in [0, 0.05) is 18.5 Å². The molecule has 1 amide bonds. The number of aliphatic hydroxyl groups excluding tert-OH is 2. The molecule has 30 heavy (non-hydrogen) atoms. The molecule has 4 N–H and O–H groups in total. The van der Waals surface area contributed by atoms with Crippen molar-refractivity contribution in [2.45, 2.75) is 45.2 Å². The van der Waals surface area contributed by atoms with Crippen LogP contribution in [0.2, 0.25) is 0 Å². The lowest BCUT2D eigenvalue weighted by atomic mass is 9.89. The van der Waals surface area contributed by atoms with Gasteiger partial charge in [-0.3, -0.25) is 4.79 Å². The maximum Gasteiger partial charge on any atom is 0.251 e. The zero-order chi connectivity index (χ0) is 22.0. The summed E-state index contributed by atoms with van der Waals surface area (Å²) < 4.78 is 11.6. The monoisotopic (exact) mass is 415 g/mol. The maximum atomic E-state index is 12.0. The maximum absolute atomic E-state index is 12.0. The van der Waals surface area contributed by atoms with Gasteiger partial charge in [0.2, 0.25) is 0 Å². The molecule has 0 spiro atoms. The third-order valence-corrected chi connectivity index (χ3v) is 5.60. The highest BCUT2D eigenvalue weighted by molar-refractivity contribution is 5.95. The number of hydrogen-bond donors (Lipinski definition) is 4. The fraction of sp³-hybridized carbons (Fsp3) is 0.435. The van der Waals surface area contributed by atoms with Crippen molar-refractivity contribution in [3.8, 4) is 22.6 Å². The normalized spacial score (nSPS) is 24.9. The van der Waals surface area contributed by atoms with E-state index in [1.54, 1.807) is 52.1 Å². The average Bonchev–Trinajstić information content (AvgIpc) is 2.73. The van der Waals surface area contributed by atoms with E-state index in [0.717, 1.165) is 11.1 Å². The van der Waals surface area contributed by atoms with Crippen molar-refractivity contribution in [2.24, 2.45) is 5.92 Å². The third kappa shape index (κ3) is 4.43. The van der Waals surface area contributed by atoms with E-state index in [2.05, 4.69) is 5.32 Å². The molecule has 1 aliphatic heterocycles. The molecular weight excluding hydrogens is 386 g/mol. The van der Waals surface area contributed by atoms with Crippen LogP contribution in [-0.2, 0) is 4.74 Å². The Labute approximate surface area is 176 Å². The number of ether oxygens (including phenoxy) is 2. The molecule has 162 valence electrons. The van der Waals surface area contributed by atoms with Crippen molar-refractivity contribution in [1.29, 1.82) is 0 Å². The van der Waals surface area contributed by atoms with Crippen LogP contribution in [0.1, 0.15) is 29.8 Å². The van der Waals surface area contributed by atoms with Crippen LogP contribution in [0.4, 0.5) is 0 Å². The highest BCUT2D eigenvalue weighted by Crippen LogP contribution is 2.37. The summed E-state index contributed by atoms with van der Waals surface area (Å²) in [5, 5.41) is 33.6. The summed E-state index contributed by atoms with van der Waals surface area (Å²) in [7, 11) is 1.58. The van der Waals surface area contributed by atoms with Crippen LogP contribution < -0.4 is 10.1 Å². The van der Waals surface area contributed by atoms with E-state index < -0.39 is 24.4 Å². The first-order valence-corrected chi connectivity index (χ1v) is 10.0. The Morgan fingerprint density at radius 3 is 2.67 bits per heavy atom. The van der Waals surface area contributed by atoms with Gasteiger partial charge < -0.3 is 30.1 Å². The summed E-state index contributed by atoms with van der Waals surface area (Å²) in [5.41, 5.74) is 2.70. The third-order valence-electron chi connectivity index (χ3n) is 5.60. The number of amides is 1. The van der Waals surface area contributed by atoms with Crippen molar-refractivity contribution in [3.05, 3.63) is 47.5 Å². The van der Waals surface area contributed by atoms with Crippen LogP contribution >= 0.6 is 0 Å². The van der Waals surface area contributed by atoms with Gasteiger partial charge in [-0.15, -0.1) is 0 Å². The number of carbonyl (C=O) groups excluding carboxylic acids is 1. The van der Waals surface area contributed by atoms with Crippen molar-refractivity contribution in [3.63, 3.8) is 0 Å². The van der Waals surface area contributed by atoms with E-state index in [1.165, 1.54) is 0 Å². The largest absolute Gasteiger partial charge is 0.504 e. The summed E-state index contributed by atoms with van der Waals surface area (Å²) >= 11 is 0. The van der Waals surface area contributed by atoms with E-state index in [9.17, 15) is 20.1 Å². The Hall–Kier alpha value is -2.61. The van der Waals surface area contributed by atoms with Crippen molar-refractivity contribution >= 4 is 5.91 Å². The zero-order valence-corrected chi connectivity index (χ0v) is 17.6. The second-order valence-electron chi connectivity index (χ2n) is 7.84. The van der Waals surface area contributed by atoms with Gasteiger partial charge in [-0.2, -0.15) is 0 Å². The Morgan fingerprint density at radius 1 is 1.27 bits per heavy atom. The fourth-order valence-electron chi connectivity index (χ4n) is 3.82. The minimum absolute atomic E-state index is 0.0151. The van der Waals surface area contributed by atoms with E-state index in [4.69, 9.17) is 9.47 Å². The van der Waals surface area contributed by atoms with Crippen molar-refractivity contribution in [2.75, 3.05) is 13.7 Å². The molecule has 2 aromatic rings. The molecule has 0 aromatic heterocycles. The molecule has 1 saturated heterocycles. The summed E-state index contributed by atoms with van der Waals surface area (Å²) in [6.07, 6.45) is -2.73. The smallest absolute Gasteiger partial charge is 0.251 e. The van der Waals surface area contributed by atoms with E-state index >= 15 is 0 Å². The number of nitrogens with one attached hydrogen (secondary N) is 1. The Morgan fingerprint density at radius 2 is 2.00 bits per heavy atom. The van der Waals surface area contributed by atoms with Crippen LogP contribution in [-0.4, -0.2) is 59.3 Å². The highest BCUT2D eigenvalue weighted by atomic mass is 16.6. The number of phenolic OH excluding ortho intramolecular Hbond substituents is 1. The summed E-state index contributed by atoms with van der Waals surface area (Å²) in [5.74, 6) is -0.309. The second kappa shape index (κ2) is 9.04. The van der Waals surface area contributed by atoms with Crippen molar-refractivity contribution < 1.29 is 29.6 Å². The summed E-state index contributed by atoms with van der Waals surface area (Å²) in [6.45, 7) is 5.27. The SMILES string of the molecule is CNC(=O)c1cccc(-c2cc(C)c(O)c(OC3COC(C(C)O)C(C)C3O)c2)c1. The van der Waals surface area contributed by atoms with Gasteiger partial charge in [-0.05, 0) is 54.8 Å². The number of aryl methyl sites for hydroxylation is 1. The van der Waals surface area contributed by atoms with Crippen LogP contribution in [0.5, 0.6) is 11.5 Å². The van der Waals surface area contributed by atoms with E-state index in [0.29, 0.717) is 11.1 Å². The minimum atomic E-state index is -0.863. The molecule has 5 atom stereocenters. The molecule has 1 fully saturated rings. The van der Waals surface area contributed by atoms with Gasteiger partial charge >= 0.3 is 0 Å². The Balaban J connectivity index is 1.89. The lowest BCUT2D eigenvalue weighted by Crippen LogP contribution is -2.53. The number of aromatic hydroxyl groups is 1. The quantitative estimate of drug-likeness (QED) is 0.597. The molecule has 2 aromatic carbocycles. The van der Waals surface area contributed by atoms with Crippen LogP contribution in [0.25, 0.3) is 11.1 Å². The number of carbonyl (C=O) groups is 1. The first-order chi connectivity index (χ1) is 14.2. The van der Waals surface area contributed by atoms with Gasteiger partial charge in [0.1, 0.15) is 6.10 Å². The lowest BCUT2D eigenvalue weighted by molar-refractivity contribution is -0.171. The molecule has 0 saturated carbocycles. The number of benzene rings is 2. The molecule has 0 bridgehead atoms. The molecule has 3 rings (SSSR count). The predicted molar refractivity (Wildman–Crippen MR) is 113 cm³/mol. The Bertz CT molecular complexity index is 913. The molecule has 7 nitrogen and oxygen atoms in total. The number of hydrogen-bond acceptors (Lipinski definition) is 6. The van der Waals surface area contributed by atoms with Gasteiger partial charge in [0.25, 0.3) is 5.91 Å². The van der Waals surface area contributed by atoms with Gasteiger partial charge in [0.05, 0.1) is 24.9 Å². The van der Waals surface area contributed by atoms with Crippen molar-refractivity contribution in [1.82, 2.24) is 5.32 Å². The Kier molecular flexibility index (Phi) is 6.65. The second-order valence-corrected chi connectivity index (χ2v) is 7.84. The van der Waals surface area contributed by atoms with Crippen LogP contribution in [0, 0.1) is 12.8 Å². The molecule has 0 aliphatic carbocycles. The molecule has 5 unspecified atom stereocenters. The number of rotatable bonds is 5. The summed E-state index contributed by atoms with van der Waals surface area (Å²) in [6, 6.07) is 10.6. The predicted octanol–water partition coefficient (Wildman–Crippen LogP) is 2.25. The fourth-order valence-corrected chi connectivity index (χ4v) is 3.82. The molecular formula is C23H29NO6. The highest BCUT2D eigenvalue weighted by Gasteiger charge is 2.40. The number of phenols is 1. The van der Waals surface area contributed by atoms with Crippen LogP contribution in [0.15, 0.2) is 36.4 Å². The lowest BCUT2D eigenvalue weighted by Gasteiger charge is -2.39. The van der Waals surface area contributed by atoms with Gasteiger partial charge in [0.15, 0.2) is 11.5 Å². The summed E-state index contributed by atoms with van der Waals surface area (Å²) in [4.78, 5) is 12.0. The topological polar surface area (TPSA) is 108 Å². The first kappa shape index (κ1) is 22.1. The molecule has 1 aliphatic rings. The van der Waals surface area contributed by atoms with Gasteiger partial charge in [-0.1, -0.05) is 19.1 Å². The molecule has 1 heterocycles. The zero-order valence-electron chi connectivity index (χ0n) is 17.6. The molecule has 0 radical (unpaired) electrons. The van der Waals surface area contributed by atoms with E-state index in [-0.39, 0.29) is 29.9 Å². The number of aliphatic hydroxyl groups is 2. The first-order valence-electron chi connectivity index (χ1n) is 10.0.